The van der Waals surface area contributed by atoms with Crippen LogP contribution in [-0.2, 0) is 14.3 Å². The third-order valence-electron chi connectivity index (χ3n) is 6.13. The second-order valence-electron chi connectivity index (χ2n) is 8.63. The molecule has 0 bridgehead atoms. The zero-order valence-electron chi connectivity index (χ0n) is 19.1. The lowest BCUT2D eigenvalue weighted by Crippen LogP contribution is -2.48. The molecule has 10 nitrogen and oxygen atoms in total. The van der Waals surface area contributed by atoms with Crippen LogP contribution in [0.4, 0.5) is 13.2 Å². The SMILES string of the molecule is CN1CC[C@@H](NC(=O)C(OC(=O)C(F)(F)F)n2nc3ccccc3n2)C[C@@H]1c1nc2ccccc2[nH]1. The van der Waals surface area contributed by atoms with Crippen LogP contribution < -0.4 is 5.32 Å². The van der Waals surface area contributed by atoms with Crippen molar-refractivity contribution < 1.29 is 27.5 Å². The van der Waals surface area contributed by atoms with E-state index in [2.05, 4.69) is 35.1 Å². The highest BCUT2D eigenvalue weighted by Gasteiger charge is 2.45. The Labute approximate surface area is 202 Å². The third-order valence-corrected chi connectivity index (χ3v) is 6.13. The maximum atomic E-state index is 13.1. The maximum Gasteiger partial charge on any atom is 0.491 e. The number of hydrogen-bond donors (Lipinski definition) is 2. The smallest absolute Gasteiger partial charge is 0.422 e. The number of carbonyl (C=O) groups excluding carboxylic acids is 2. The monoisotopic (exact) mass is 501 g/mol. The molecule has 1 fully saturated rings. The molecule has 1 amide bonds. The normalized spacial score (nSPS) is 19.9. The number of aromatic nitrogens is 5. The van der Waals surface area contributed by atoms with Crippen LogP contribution in [-0.4, -0.2) is 67.5 Å². The van der Waals surface area contributed by atoms with Gasteiger partial charge in [0, 0.05) is 12.6 Å². The molecule has 2 aromatic carbocycles. The quantitative estimate of drug-likeness (QED) is 0.404. The van der Waals surface area contributed by atoms with E-state index < -0.39 is 30.3 Å². The molecule has 2 aromatic heterocycles. The van der Waals surface area contributed by atoms with E-state index in [0.29, 0.717) is 35.2 Å². The average Bonchev–Trinajstić information content (AvgIpc) is 3.47. The number of rotatable bonds is 5. The van der Waals surface area contributed by atoms with Gasteiger partial charge in [-0.1, -0.05) is 24.3 Å². The molecule has 13 heteroatoms. The van der Waals surface area contributed by atoms with Crippen LogP contribution in [0.25, 0.3) is 22.1 Å². The summed E-state index contributed by atoms with van der Waals surface area (Å²) < 4.78 is 43.4. The molecule has 0 spiro atoms. The third kappa shape index (κ3) is 4.73. The van der Waals surface area contributed by atoms with E-state index in [0.717, 1.165) is 16.9 Å². The number of benzene rings is 2. The number of aromatic amines is 1. The number of nitrogens with one attached hydrogen (secondary N) is 2. The van der Waals surface area contributed by atoms with Crippen molar-refractivity contribution in [2.24, 2.45) is 0 Å². The first-order chi connectivity index (χ1) is 17.2. The van der Waals surface area contributed by atoms with Crippen LogP contribution >= 0.6 is 0 Å². The van der Waals surface area contributed by atoms with E-state index in [9.17, 15) is 22.8 Å². The minimum atomic E-state index is -5.29. The highest BCUT2D eigenvalue weighted by atomic mass is 19.4. The van der Waals surface area contributed by atoms with Gasteiger partial charge in [0.2, 0.25) is 0 Å². The number of hydrogen-bond acceptors (Lipinski definition) is 7. The fourth-order valence-electron chi connectivity index (χ4n) is 4.29. The van der Waals surface area contributed by atoms with Crippen LogP contribution in [0.1, 0.15) is 30.9 Å². The molecular weight excluding hydrogens is 479 g/mol. The maximum absolute atomic E-state index is 13.1. The number of nitrogens with zero attached hydrogens (tertiary/aromatic N) is 5. The summed E-state index contributed by atoms with van der Waals surface area (Å²) in [6, 6.07) is 13.5. The van der Waals surface area contributed by atoms with Gasteiger partial charge in [-0.25, -0.2) is 9.78 Å². The minimum absolute atomic E-state index is 0.168. The van der Waals surface area contributed by atoms with Crippen LogP contribution in [0.2, 0.25) is 0 Å². The number of piperidine rings is 1. The van der Waals surface area contributed by atoms with Crippen molar-refractivity contribution in [3.05, 3.63) is 54.4 Å². The van der Waals surface area contributed by atoms with Gasteiger partial charge in [0.15, 0.2) is 0 Å². The van der Waals surface area contributed by atoms with Gasteiger partial charge in [0.1, 0.15) is 16.9 Å². The largest absolute Gasteiger partial charge is 0.491 e. The highest BCUT2D eigenvalue weighted by molar-refractivity contribution is 5.84. The summed E-state index contributed by atoms with van der Waals surface area (Å²) in [7, 11) is 1.93. The number of para-hydroxylation sites is 2. The van der Waals surface area contributed by atoms with E-state index in [4.69, 9.17) is 0 Å². The summed E-state index contributed by atoms with van der Waals surface area (Å²) in [5, 5.41) is 10.8. The predicted molar refractivity (Wildman–Crippen MR) is 121 cm³/mol. The number of carbonyl (C=O) groups is 2. The zero-order valence-corrected chi connectivity index (χ0v) is 19.1. The molecule has 0 radical (unpaired) electrons. The van der Waals surface area contributed by atoms with Gasteiger partial charge in [-0.05, 0) is 44.2 Å². The van der Waals surface area contributed by atoms with E-state index in [1.807, 2.05) is 31.3 Å². The Hall–Kier alpha value is -4.00. The van der Waals surface area contributed by atoms with Gasteiger partial charge in [0.25, 0.3) is 12.1 Å². The lowest BCUT2D eigenvalue weighted by Gasteiger charge is -2.36. The molecule has 1 aliphatic heterocycles. The van der Waals surface area contributed by atoms with Crippen molar-refractivity contribution >= 4 is 33.9 Å². The number of halogens is 3. The molecule has 1 aliphatic rings. The number of imidazole rings is 1. The lowest BCUT2D eigenvalue weighted by atomic mass is 9.97. The summed E-state index contributed by atoms with van der Waals surface area (Å²) >= 11 is 0. The van der Waals surface area contributed by atoms with Gasteiger partial charge in [0.05, 0.1) is 17.1 Å². The average molecular weight is 501 g/mol. The summed E-state index contributed by atoms with van der Waals surface area (Å²) in [5.74, 6) is -2.74. The standard InChI is InChI=1S/C23H22F3N7O3/c1-32-11-10-13(12-18(32)19-28-14-6-2-3-7-15(14)29-19)27-20(34)21(36-22(35)23(24,25)26)33-30-16-8-4-5-9-17(16)31-33/h2-9,13,18,21H,10-12H2,1H3,(H,27,34)(H,28,29)/t13-,18-,21?/m1/s1. The molecule has 4 aromatic rings. The van der Waals surface area contributed by atoms with Crippen molar-refractivity contribution in [2.45, 2.75) is 37.3 Å². The van der Waals surface area contributed by atoms with E-state index in [-0.39, 0.29) is 6.04 Å². The summed E-state index contributed by atoms with van der Waals surface area (Å²) in [6.07, 6.45) is -6.34. The molecular formula is C23H22F3N7O3. The first-order valence-electron chi connectivity index (χ1n) is 11.2. The lowest BCUT2D eigenvalue weighted by molar-refractivity contribution is -0.210. The molecule has 188 valence electrons. The highest BCUT2D eigenvalue weighted by Crippen LogP contribution is 2.30. The Kier molecular flexibility index (Phi) is 6.08. The van der Waals surface area contributed by atoms with E-state index in [1.54, 1.807) is 24.3 Å². The number of likely N-dealkylation sites (tertiary alicyclic amines) is 1. The molecule has 1 unspecified atom stereocenters. The second kappa shape index (κ2) is 9.22. The van der Waals surface area contributed by atoms with E-state index in [1.165, 1.54) is 0 Å². The zero-order chi connectivity index (χ0) is 25.4. The van der Waals surface area contributed by atoms with Crippen molar-refractivity contribution in [1.82, 2.24) is 35.2 Å². The molecule has 3 heterocycles. The van der Waals surface area contributed by atoms with Crippen molar-refractivity contribution in [3.63, 3.8) is 0 Å². The number of fused-ring (bicyclic) bond motifs is 2. The minimum Gasteiger partial charge on any atom is -0.422 e. The summed E-state index contributed by atoms with van der Waals surface area (Å²) in [4.78, 5) is 35.4. The first kappa shape index (κ1) is 23.7. The van der Waals surface area contributed by atoms with Gasteiger partial charge < -0.3 is 15.0 Å². The molecule has 5 rings (SSSR count). The van der Waals surface area contributed by atoms with Crippen molar-refractivity contribution in [1.29, 1.82) is 0 Å². The summed E-state index contributed by atoms with van der Waals surface area (Å²) in [5.41, 5.74) is 2.36. The molecule has 3 atom stereocenters. The number of amides is 1. The van der Waals surface area contributed by atoms with E-state index >= 15 is 0 Å². The van der Waals surface area contributed by atoms with Gasteiger partial charge in [-0.2, -0.15) is 13.2 Å². The number of ether oxygens (including phenoxy) is 1. The topological polar surface area (TPSA) is 118 Å². The number of H-pyrrole nitrogens is 1. The molecule has 2 N–H and O–H groups in total. The van der Waals surface area contributed by atoms with Crippen LogP contribution in [0.3, 0.4) is 0 Å². The molecule has 36 heavy (non-hydrogen) atoms. The Morgan fingerprint density at radius 3 is 2.36 bits per heavy atom. The Balaban J connectivity index is 1.37. The van der Waals surface area contributed by atoms with Gasteiger partial charge in [-0.15, -0.1) is 15.0 Å². The Bertz CT molecular complexity index is 1350. The number of esters is 1. The Morgan fingerprint density at radius 1 is 1.08 bits per heavy atom. The summed E-state index contributed by atoms with van der Waals surface area (Å²) in [6.45, 7) is 0.601. The molecule has 0 saturated carbocycles. The number of alkyl halides is 3. The van der Waals surface area contributed by atoms with Gasteiger partial charge in [-0.3, -0.25) is 9.69 Å². The van der Waals surface area contributed by atoms with Crippen molar-refractivity contribution in [3.8, 4) is 0 Å². The van der Waals surface area contributed by atoms with Crippen LogP contribution in [0.15, 0.2) is 48.5 Å². The van der Waals surface area contributed by atoms with Crippen LogP contribution in [0.5, 0.6) is 0 Å². The fraction of sp³-hybridized carbons (Fsp3) is 0.348. The first-order valence-corrected chi connectivity index (χ1v) is 11.2. The molecule has 1 saturated heterocycles. The van der Waals surface area contributed by atoms with Gasteiger partial charge >= 0.3 is 12.1 Å². The fourth-order valence-corrected chi connectivity index (χ4v) is 4.29. The predicted octanol–water partition coefficient (Wildman–Crippen LogP) is 2.86. The van der Waals surface area contributed by atoms with Crippen molar-refractivity contribution in [2.75, 3.05) is 13.6 Å². The molecule has 0 aliphatic carbocycles. The van der Waals surface area contributed by atoms with Crippen LogP contribution in [0, 0.1) is 0 Å². The Morgan fingerprint density at radius 2 is 1.72 bits per heavy atom. The second-order valence-corrected chi connectivity index (χ2v) is 8.63.